The second kappa shape index (κ2) is 11.5. The Bertz CT molecular complexity index is 1930. The molecule has 1 amide bonds. The maximum Gasteiger partial charge on any atom is 0.407 e. The van der Waals surface area contributed by atoms with Crippen LogP contribution in [0, 0.1) is 18.8 Å². The van der Waals surface area contributed by atoms with E-state index in [9.17, 15) is 14.4 Å². The van der Waals surface area contributed by atoms with Gasteiger partial charge in [0.15, 0.2) is 11.2 Å². The summed E-state index contributed by atoms with van der Waals surface area (Å²) < 4.78 is 10.3. The number of nitrogens with one attached hydrogen (secondary N) is 1. The number of ether oxygens (including phenoxy) is 1. The summed E-state index contributed by atoms with van der Waals surface area (Å²) in [6.45, 7) is 10.6. The number of imidazole rings is 1. The lowest BCUT2D eigenvalue weighted by atomic mass is 10.1. The van der Waals surface area contributed by atoms with Crippen molar-refractivity contribution in [2.75, 3.05) is 18.0 Å². The molecule has 44 heavy (non-hydrogen) atoms. The first-order valence-electron chi connectivity index (χ1n) is 15.3. The van der Waals surface area contributed by atoms with Crippen molar-refractivity contribution >= 4 is 34.0 Å². The van der Waals surface area contributed by atoms with E-state index in [1.807, 2.05) is 62.6 Å². The highest BCUT2D eigenvalue weighted by molar-refractivity contribution is 5.85. The first-order chi connectivity index (χ1) is 21.0. The molecule has 1 saturated heterocycles. The van der Waals surface area contributed by atoms with E-state index in [1.165, 1.54) is 4.57 Å². The highest BCUT2D eigenvalue weighted by atomic mass is 16.6. The third-order valence-corrected chi connectivity index (χ3v) is 8.05. The van der Waals surface area contributed by atoms with Crippen LogP contribution in [0.1, 0.15) is 70.8 Å². The van der Waals surface area contributed by atoms with Crippen molar-refractivity contribution in [3.63, 3.8) is 0 Å². The van der Waals surface area contributed by atoms with Crippen molar-refractivity contribution in [2.45, 2.75) is 91.1 Å². The van der Waals surface area contributed by atoms with Gasteiger partial charge in [-0.2, -0.15) is 4.98 Å². The number of aromatic nitrogens is 5. The predicted octanol–water partition coefficient (Wildman–Crippen LogP) is 4.12. The topological polar surface area (TPSA) is 116 Å². The van der Waals surface area contributed by atoms with E-state index in [2.05, 4.69) is 22.1 Å². The Morgan fingerprint density at radius 3 is 2.61 bits per heavy atom. The first-order valence-corrected chi connectivity index (χ1v) is 15.3. The van der Waals surface area contributed by atoms with E-state index < -0.39 is 17.3 Å². The van der Waals surface area contributed by atoms with Gasteiger partial charge in [0.25, 0.3) is 5.56 Å². The van der Waals surface area contributed by atoms with Crippen LogP contribution in [0.3, 0.4) is 0 Å². The van der Waals surface area contributed by atoms with Crippen molar-refractivity contribution in [1.29, 1.82) is 0 Å². The van der Waals surface area contributed by atoms with Gasteiger partial charge in [-0.3, -0.25) is 23.5 Å². The van der Waals surface area contributed by atoms with Crippen LogP contribution in [0.4, 0.5) is 10.7 Å². The molecule has 1 atom stereocenters. The van der Waals surface area contributed by atoms with Crippen LogP contribution in [-0.2, 0) is 17.8 Å². The Balaban J connectivity index is 1.46. The number of pyridine rings is 1. The van der Waals surface area contributed by atoms with E-state index in [0.29, 0.717) is 35.9 Å². The van der Waals surface area contributed by atoms with E-state index in [1.54, 1.807) is 11.5 Å². The van der Waals surface area contributed by atoms with Crippen molar-refractivity contribution in [1.82, 2.24) is 29.0 Å². The van der Waals surface area contributed by atoms with Gasteiger partial charge in [-0.15, -0.1) is 5.92 Å². The molecule has 1 saturated carbocycles. The fourth-order valence-corrected chi connectivity index (χ4v) is 6.03. The van der Waals surface area contributed by atoms with Crippen LogP contribution in [-0.4, -0.2) is 54.5 Å². The van der Waals surface area contributed by atoms with Crippen LogP contribution in [0.25, 0.3) is 21.9 Å². The van der Waals surface area contributed by atoms with E-state index >= 15 is 0 Å². The molecule has 6 rings (SSSR count). The number of piperidine rings is 1. The molecule has 230 valence electrons. The number of anilines is 1. The Labute approximate surface area is 255 Å². The summed E-state index contributed by atoms with van der Waals surface area (Å²) in [5.74, 6) is 6.62. The maximum absolute atomic E-state index is 14.3. The Morgan fingerprint density at radius 2 is 1.89 bits per heavy atom. The SMILES string of the molecule is CC#CCn1c(N2CCC[C@@H](NC(=O)OC(C)(C)C)C2)nc2c1c(=O)n(Cc1nc(C)cc3ccccc13)c(=O)n2C1CC1. The van der Waals surface area contributed by atoms with E-state index in [-0.39, 0.29) is 30.9 Å². The monoisotopic (exact) mass is 597 g/mol. The smallest absolute Gasteiger partial charge is 0.407 e. The third-order valence-electron chi connectivity index (χ3n) is 8.05. The molecule has 1 aliphatic heterocycles. The molecule has 0 radical (unpaired) electrons. The zero-order valence-corrected chi connectivity index (χ0v) is 26.0. The fraction of sp³-hybridized carbons (Fsp3) is 0.485. The third kappa shape index (κ3) is 5.81. The highest BCUT2D eigenvalue weighted by Crippen LogP contribution is 2.36. The largest absolute Gasteiger partial charge is 0.444 e. The van der Waals surface area contributed by atoms with Crippen LogP contribution in [0.5, 0.6) is 0 Å². The standard InChI is InChI=1S/C33H39N7O4/c1-6-7-17-38-27-28(36-30(38)37-16-10-12-23(19-37)35-31(42)44-33(3,4)5)40(24-14-15-24)32(43)39(29(27)41)20-26-25-13-9-8-11-22(25)18-21(2)34-26/h8-9,11,13,18,23-24H,10,12,14-17,19-20H2,1-5H3,(H,35,42)/t23-/m1/s1. The van der Waals surface area contributed by atoms with Crippen molar-refractivity contribution in [3.05, 3.63) is 62.6 Å². The van der Waals surface area contributed by atoms with Crippen molar-refractivity contribution in [3.8, 4) is 11.8 Å². The van der Waals surface area contributed by atoms with Gasteiger partial charge >= 0.3 is 11.8 Å². The molecule has 0 unspecified atom stereocenters. The normalized spacial score (nSPS) is 17.0. The summed E-state index contributed by atoms with van der Waals surface area (Å²) in [5.41, 5.74) is 0.848. The van der Waals surface area contributed by atoms with Gasteiger partial charge in [-0.1, -0.05) is 30.2 Å². The maximum atomic E-state index is 14.3. The van der Waals surface area contributed by atoms with Crippen LogP contribution in [0.2, 0.25) is 0 Å². The number of hydrogen-bond donors (Lipinski definition) is 1. The summed E-state index contributed by atoms with van der Waals surface area (Å²) in [4.78, 5) is 52.7. The summed E-state index contributed by atoms with van der Waals surface area (Å²) in [7, 11) is 0. The van der Waals surface area contributed by atoms with Gasteiger partial charge in [0.2, 0.25) is 5.95 Å². The number of aryl methyl sites for hydroxylation is 1. The van der Waals surface area contributed by atoms with Gasteiger partial charge in [0.1, 0.15) is 5.60 Å². The quantitative estimate of drug-likeness (QED) is 0.333. The lowest BCUT2D eigenvalue weighted by Crippen LogP contribution is -2.49. The number of benzene rings is 1. The van der Waals surface area contributed by atoms with Crippen LogP contribution >= 0.6 is 0 Å². The number of rotatable bonds is 6. The molecule has 3 aromatic heterocycles. The molecule has 11 nitrogen and oxygen atoms in total. The first kappa shape index (κ1) is 29.5. The van der Waals surface area contributed by atoms with Crippen LogP contribution in [0.15, 0.2) is 39.9 Å². The summed E-state index contributed by atoms with van der Waals surface area (Å²) in [6.07, 6.45) is 2.84. The number of amides is 1. The Morgan fingerprint density at radius 1 is 1.11 bits per heavy atom. The molecule has 4 heterocycles. The number of carbonyl (C=O) groups is 1. The zero-order chi connectivity index (χ0) is 31.2. The zero-order valence-electron chi connectivity index (χ0n) is 26.0. The fourth-order valence-electron chi connectivity index (χ4n) is 6.03. The average molecular weight is 598 g/mol. The molecule has 4 aromatic rings. The number of alkyl carbamates (subject to hydrolysis) is 1. The minimum Gasteiger partial charge on any atom is -0.444 e. The summed E-state index contributed by atoms with van der Waals surface area (Å²) >= 11 is 0. The van der Waals surface area contributed by atoms with Gasteiger partial charge < -0.3 is 15.0 Å². The van der Waals surface area contributed by atoms with Gasteiger partial charge in [0, 0.05) is 36.3 Å². The van der Waals surface area contributed by atoms with E-state index in [4.69, 9.17) is 14.7 Å². The molecule has 2 fully saturated rings. The minimum absolute atomic E-state index is 0.0181. The molecule has 1 aromatic carbocycles. The summed E-state index contributed by atoms with van der Waals surface area (Å²) in [5, 5.41) is 4.91. The lowest BCUT2D eigenvalue weighted by Gasteiger charge is -2.34. The second-order valence-electron chi connectivity index (χ2n) is 12.7. The average Bonchev–Trinajstić information content (AvgIpc) is 3.72. The Hall–Kier alpha value is -4.59. The van der Waals surface area contributed by atoms with Gasteiger partial charge in [0.05, 0.1) is 18.8 Å². The van der Waals surface area contributed by atoms with Crippen molar-refractivity contribution in [2.24, 2.45) is 0 Å². The molecule has 1 N–H and O–H groups in total. The summed E-state index contributed by atoms with van der Waals surface area (Å²) in [6, 6.07) is 9.70. The molecular weight excluding hydrogens is 558 g/mol. The number of carbonyl (C=O) groups excluding carboxylic acids is 1. The van der Waals surface area contributed by atoms with Crippen molar-refractivity contribution < 1.29 is 9.53 Å². The van der Waals surface area contributed by atoms with Gasteiger partial charge in [-0.05, 0) is 71.8 Å². The number of fused-ring (bicyclic) bond motifs is 2. The molecule has 1 aliphatic carbocycles. The van der Waals surface area contributed by atoms with E-state index in [0.717, 1.165) is 42.1 Å². The molecule has 0 bridgehead atoms. The molecule has 0 spiro atoms. The predicted molar refractivity (Wildman–Crippen MR) is 170 cm³/mol. The lowest BCUT2D eigenvalue weighted by molar-refractivity contribution is 0.0499. The Kier molecular flexibility index (Phi) is 7.70. The number of hydrogen-bond acceptors (Lipinski definition) is 7. The molecule has 11 heteroatoms. The highest BCUT2D eigenvalue weighted by Gasteiger charge is 2.33. The molecular formula is C33H39N7O4. The second-order valence-corrected chi connectivity index (χ2v) is 12.7. The molecule has 2 aliphatic rings. The minimum atomic E-state index is -0.599. The van der Waals surface area contributed by atoms with Gasteiger partial charge in [-0.25, -0.2) is 9.59 Å². The number of nitrogens with zero attached hydrogens (tertiary/aromatic N) is 6. The van der Waals surface area contributed by atoms with Crippen LogP contribution < -0.4 is 21.5 Å².